The molecule has 0 heterocycles. The number of aliphatic imine (C=N–C) groups is 1. The second-order valence-electron chi connectivity index (χ2n) is 5.58. The number of rotatable bonds is 15. The normalized spacial score (nSPS) is 11.4. The van der Waals surface area contributed by atoms with Gasteiger partial charge in [0.05, 0.1) is 26.4 Å². The summed E-state index contributed by atoms with van der Waals surface area (Å²) in [6.45, 7) is 14.2. The number of guanidine groups is 1. The number of hydrogen-bond donors (Lipinski definition) is 2. The number of carbonyl (C=O) groups excluding carboxylic acids is 1. The third-order valence-electron chi connectivity index (χ3n) is 3.61. The van der Waals surface area contributed by atoms with Crippen LogP contribution in [0.5, 0.6) is 0 Å². The number of ether oxygens (including phenoxy) is 2. The first-order valence-electron chi connectivity index (χ1n) is 9.64. The van der Waals surface area contributed by atoms with Gasteiger partial charge in [-0.1, -0.05) is 13.3 Å². The van der Waals surface area contributed by atoms with E-state index in [9.17, 15) is 4.79 Å². The zero-order chi connectivity index (χ0) is 18.8. The van der Waals surface area contributed by atoms with Crippen molar-refractivity contribution < 1.29 is 14.3 Å². The van der Waals surface area contributed by atoms with Crippen LogP contribution in [0.4, 0.5) is 0 Å². The molecule has 0 saturated heterocycles. The van der Waals surface area contributed by atoms with Crippen molar-refractivity contribution in [3.63, 3.8) is 0 Å². The molecule has 148 valence electrons. The molecule has 7 nitrogen and oxygen atoms in total. The Labute approximate surface area is 153 Å². The van der Waals surface area contributed by atoms with E-state index in [0.717, 1.165) is 45.0 Å². The average molecular weight is 359 g/mol. The van der Waals surface area contributed by atoms with E-state index in [2.05, 4.69) is 22.5 Å². The van der Waals surface area contributed by atoms with Gasteiger partial charge in [-0.05, 0) is 27.2 Å². The minimum atomic E-state index is 0.166. The maximum absolute atomic E-state index is 12.0. The molecule has 0 bridgehead atoms. The van der Waals surface area contributed by atoms with Crippen molar-refractivity contribution in [3.8, 4) is 0 Å². The Bertz CT molecular complexity index is 347. The molecule has 0 aromatic heterocycles. The quantitative estimate of drug-likeness (QED) is 0.264. The van der Waals surface area contributed by atoms with Gasteiger partial charge in [0.25, 0.3) is 0 Å². The van der Waals surface area contributed by atoms with Crippen LogP contribution in [0, 0.1) is 0 Å². The minimum Gasteiger partial charge on any atom is -0.379 e. The standard InChI is InChI=1S/C18H38N4O3/c1-5-9-13-24-15-16-25-14-12-21-18(19-6-2)20-11-10-17(23)22(7-3)8-4/h5-16H2,1-4H3,(H2,19,20,21). The Morgan fingerprint density at radius 2 is 1.64 bits per heavy atom. The molecule has 0 aliphatic carbocycles. The van der Waals surface area contributed by atoms with Crippen LogP contribution in [-0.2, 0) is 14.3 Å². The Hall–Kier alpha value is -1.34. The van der Waals surface area contributed by atoms with Crippen molar-refractivity contribution in [1.82, 2.24) is 15.5 Å². The maximum Gasteiger partial charge on any atom is 0.224 e. The highest BCUT2D eigenvalue weighted by Gasteiger charge is 2.08. The van der Waals surface area contributed by atoms with Gasteiger partial charge in [-0.3, -0.25) is 9.79 Å². The van der Waals surface area contributed by atoms with E-state index in [1.54, 1.807) is 0 Å². The van der Waals surface area contributed by atoms with Gasteiger partial charge >= 0.3 is 0 Å². The number of nitrogens with one attached hydrogen (secondary N) is 2. The van der Waals surface area contributed by atoms with E-state index < -0.39 is 0 Å². The summed E-state index contributed by atoms with van der Waals surface area (Å²) in [5.41, 5.74) is 0. The zero-order valence-electron chi connectivity index (χ0n) is 16.6. The number of amides is 1. The van der Waals surface area contributed by atoms with E-state index in [1.807, 2.05) is 25.7 Å². The highest BCUT2D eigenvalue weighted by Crippen LogP contribution is 1.92. The van der Waals surface area contributed by atoms with Gasteiger partial charge in [0.1, 0.15) is 0 Å². The van der Waals surface area contributed by atoms with Crippen molar-refractivity contribution in [2.24, 2.45) is 4.99 Å². The molecule has 0 atom stereocenters. The first kappa shape index (κ1) is 23.7. The Morgan fingerprint density at radius 3 is 2.24 bits per heavy atom. The lowest BCUT2D eigenvalue weighted by atomic mass is 10.3. The SMILES string of the molecule is CCCCOCCOCCN=C(NCC)NCCC(=O)N(CC)CC. The van der Waals surface area contributed by atoms with Gasteiger partial charge in [-0.2, -0.15) is 0 Å². The van der Waals surface area contributed by atoms with Crippen molar-refractivity contribution in [3.05, 3.63) is 0 Å². The molecule has 0 aliphatic heterocycles. The molecule has 0 spiro atoms. The lowest BCUT2D eigenvalue weighted by Crippen LogP contribution is -2.40. The Morgan fingerprint density at radius 1 is 0.960 bits per heavy atom. The lowest BCUT2D eigenvalue weighted by Gasteiger charge is -2.19. The smallest absolute Gasteiger partial charge is 0.224 e. The van der Waals surface area contributed by atoms with Gasteiger partial charge in [0.15, 0.2) is 5.96 Å². The topological polar surface area (TPSA) is 75.2 Å². The molecule has 7 heteroatoms. The number of hydrogen-bond acceptors (Lipinski definition) is 4. The fraction of sp³-hybridized carbons (Fsp3) is 0.889. The molecule has 0 aliphatic rings. The Kier molecular flexibility index (Phi) is 16.5. The van der Waals surface area contributed by atoms with Crippen LogP contribution in [0.15, 0.2) is 4.99 Å². The lowest BCUT2D eigenvalue weighted by molar-refractivity contribution is -0.130. The largest absolute Gasteiger partial charge is 0.379 e. The molecule has 1 amide bonds. The molecule has 0 aromatic rings. The predicted octanol–water partition coefficient (Wildman–Crippen LogP) is 1.63. The fourth-order valence-corrected chi connectivity index (χ4v) is 2.15. The van der Waals surface area contributed by atoms with Crippen molar-refractivity contribution >= 4 is 11.9 Å². The van der Waals surface area contributed by atoms with E-state index in [4.69, 9.17) is 9.47 Å². The summed E-state index contributed by atoms with van der Waals surface area (Å²) >= 11 is 0. The molecular weight excluding hydrogens is 320 g/mol. The van der Waals surface area contributed by atoms with Crippen LogP contribution in [0.25, 0.3) is 0 Å². The molecule has 0 fully saturated rings. The van der Waals surface area contributed by atoms with Crippen LogP contribution < -0.4 is 10.6 Å². The summed E-state index contributed by atoms with van der Waals surface area (Å²) in [4.78, 5) is 18.2. The molecular formula is C18H38N4O3. The van der Waals surface area contributed by atoms with E-state index in [0.29, 0.717) is 39.3 Å². The third kappa shape index (κ3) is 13.6. The second-order valence-corrected chi connectivity index (χ2v) is 5.58. The van der Waals surface area contributed by atoms with Crippen LogP contribution in [0.2, 0.25) is 0 Å². The molecule has 0 radical (unpaired) electrons. The molecule has 0 rings (SSSR count). The molecule has 25 heavy (non-hydrogen) atoms. The molecule has 2 N–H and O–H groups in total. The number of carbonyl (C=O) groups is 1. The highest BCUT2D eigenvalue weighted by molar-refractivity contribution is 5.81. The minimum absolute atomic E-state index is 0.166. The summed E-state index contributed by atoms with van der Waals surface area (Å²) in [6, 6.07) is 0. The van der Waals surface area contributed by atoms with Gasteiger partial charge in [0.2, 0.25) is 5.91 Å². The first-order chi connectivity index (χ1) is 12.2. The van der Waals surface area contributed by atoms with Gasteiger partial charge in [0, 0.05) is 39.2 Å². The molecule has 0 aromatic carbocycles. The van der Waals surface area contributed by atoms with Crippen molar-refractivity contribution in [2.75, 3.05) is 59.2 Å². The van der Waals surface area contributed by atoms with Crippen LogP contribution >= 0.6 is 0 Å². The van der Waals surface area contributed by atoms with Crippen LogP contribution in [0.3, 0.4) is 0 Å². The average Bonchev–Trinajstić information content (AvgIpc) is 2.61. The van der Waals surface area contributed by atoms with Crippen molar-refractivity contribution in [1.29, 1.82) is 0 Å². The summed E-state index contributed by atoms with van der Waals surface area (Å²) < 4.78 is 10.9. The summed E-state index contributed by atoms with van der Waals surface area (Å²) in [5.74, 6) is 0.886. The van der Waals surface area contributed by atoms with E-state index in [1.165, 1.54) is 0 Å². The van der Waals surface area contributed by atoms with E-state index >= 15 is 0 Å². The fourth-order valence-electron chi connectivity index (χ4n) is 2.15. The molecule has 0 unspecified atom stereocenters. The van der Waals surface area contributed by atoms with Crippen LogP contribution in [-0.4, -0.2) is 75.9 Å². The number of unbranched alkanes of at least 4 members (excludes halogenated alkanes) is 1. The van der Waals surface area contributed by atoms with Gasteiger partial charge in [-0.25, -0.2) is 0 Å². The Balaban J connectivity index is 3.87. The van der Waals surface area contributed by atoms with Crippen molar-refractivity contribution in [2.45, 2.75) is 47.0 Å². The summed E-state index contributed by atoms with van der Waals surface area (Å²) in [5, 5.41) is 6.36. The highest BCUT2D eigenvalue weighted by atomic mass is 16.5. The van der Waals surface area contributed by atoms with Gasteiger partial charge in [-0.15, -0.1) is 0 Å². The maximum atomic E-state index is 12.0. The monoisotopic (exact) mass is 358 g/mol. The summed E-state index contributed by atoms with van der Waals surface area (Å²) in [7, 11) is 0. The predicted molar refractivity (Wildman–Crippen MR) is 103 cm³/mol. The van der Waals surface area contributed by atoms with E-state index in [-0.39, 0.29) is 5.91 Å². The third-order valence-corrected chi connectivity index (χ3v) is 3.61. The van der Waals surface area contributed by atoms with Crippen LogP contribution in [0.1, 0.15) is 47.0 Å². The zero-order valence-corrected chi connectivity index (χ0v) is 16.6. The number of nitrogens with zero attached hydrogens (tertiary/aromatic N) is 2. The first-order valence-corrected chi connectivity index (χ1v) is 9.64. The molecule has 0 saturated carbocycles. The van der Waals surface area contributed by atoms with Gasteiger partial charge < -0.3 is 25.0 Å². The second kappa shape index (κ2) is 17.5. The summed E-state index contributed by atoms with van der Waals surface area (Å²) in [6.07, 6.45) is 2.72.